The van der Waals surface area contributed by atoms with Gasteiger partial charge in [-0.3, -0.25) is 14.7 Å². The lowest BCUT2D eigenvalue weighted by Crippen LogP contribution is -2.53. The number of ether oxygens (including phenoxy) is 1. The maximum atomic E-state index is 16.6. The highest BCUT2D eigenvalue weighted by molar-refractivity contribution is 6.36. The highest BCUT2D eigenvalue weighted by atomic mass is 35.5. The van der Waals surface area contributed by atoms with Gasteiger partial charge in [-0.25, -0.2) is 13.2 Å². The Kier molecular flexibility index (Phi) is 7.56. The van der Waals surface area contributed by atoms with Crippen LogP contribution in [-0.4, -0.2) is 88.7 Å². The number of benzene rings is 2. The second-order valence-corrected chi connectivity index (χ2v) is 12.7. The summed E-state index contributed by atoms with van der Waals surface area (Å²) in [6.07, 6.45) is 4.00. The molecule has 1 amide bonds. The molecule has 0 bridgehead atoms. The van der Waals surface area contributed by atoms with Gasteiger partial charge < -0.3 is 14.5 Å². The van der Waals surface area contributed by atoms with Gasteiger partial charge in [-0.1, -0.05) is 42.4 Å². The smallest absolute Gasteiger partial charge is 0.319 e. The molecule has 3 saturated heterocycles. The number of hydrogen-bond donors (Lipinski definition) is 0. The topological polar surface area (TPSA) is 74.7 Å². The molecule has 0 spiro atoms. The van der Waals surface area contributed by atoms with Gasteiger partial charge in [-0.15, -0.1) is 0 Å². The third kappa shape index (κ3) is 5.15. The van der Waals surface area contributed by atoms with E-state index in [-0.39, 0.29) is 40.7 Å². The Hall–Kier alpha value is -3.96. The molecule has 0 saturated carbocycles. The van der Waals surface area contributed by atoms with Gasteiger partial charge >= 0.3 is 6.01 Å². The molecule has 0 aliphatic carbocycles. The highest BCUT2D eigenvalue weighted by Crippen LogP contribution is 2.41. The van der Waals surface area contributed by atoms with E-state index in [0.717, 1.165) is 19.4 Å². The van der Waals surface area contributed by atoms with Crippen LogP contribution in [0.5, 0.6) is 6.01 Å². The number of aromatic nitrogens is 3. The Bertz CT molecular complexity index is 1840. The fraction of sp³-hybridized carbons (Fsp3) is 0.394. The number of carbonyl (C=O) groups excluding carboxylic acids is 1. The molecule has 3 aliphatic rings. The molecule has 234 valence electrons. The van der Waals surface area contributed by atoms with Crippen molar-refractivity contribution in [1.29, 1.82) is 0 Å². The van der Waals surface area contributed by atoms with Crippen LogP contribution in [0.4, 0.5) is 19.0 Å². The maximum Gasteiger partial charge on any atom is 0.319 e. The number of likely N-dealkylation sites (tertiary alicyclic amines) is 1. The summed E-state index contributed by atoms with van der Waals surface area (Å²) in [4.78, 5) is 31.4. The van der Waals surface area contributed by atoms with Gasteiger partial charge in [0.05, 0.1) is 15.9 Å². The van der Waals surface area contributed by atoms with Crippen LogP contribution >= 0.6 is 11.6 Å². The summed E-state index contributed by atoms with van der Waals surface area (Å²) in [6, 6.07) is 7.98. The minimum Gasteiger partial charge on any atom is -0.461 e. The summed E-state index contributed by atoms with van der Waals surface area (Å²) in [6.45, 7) is 6.59. The molecule has 3 aliphatic heterocycles. The molecule has 0 unspecified atom stereocenters. The Morgan fingerprint density at radius 2 is 2.04 bits per heavy atom. The number of alkyl halides is 1. The third-order valence-corrected chi connectivity index (χ3v) is 9.77. The van der Waals surface area contributed by atoms with Crippen LogP contribution in [0.1, 0.15) is 19.3 Å². The average molecular weight is 637 g/mol. The molecule has 5 heterocycles. The van der Waals surface area contributed by atoms with E-state index in [1.807, 2.05) is 11.9 Å². The summed E-state index contributed by atoms with van der Waals surface area (Å²) in [5.41, 5.74) is -0.158. The lowest BCUT2D eigenvalue weighted by Gasteiger charge is -2.40. The maximum absolute atomic E-state index is 16.6. The average Bonchev–Trinajstić information content (AvgIpc) is 3.54. The van der Waals surface area contributed by atoms with Crippen LogP contribution in [0.3, 0.4) is 0 Å². The van der Waals surface area contributed by atoms with Gasteiger partial charge in [0.15, 0.2) is 5.82 Å². The van der Waals surface area contributed by atoms with E-state index in [9.17, 15) is 13.6 Å². The van der Waals surface area contributed by atoms with Crippen molar-refractivity contribution in [3.05, 3.63) is 65.8 Å². The molecular weight excluding hydrogens is 605 g/mol. The number of rotatable bonds is 8. The van der Waals surface area contributed by atoms with Crippen molar-refractivity contribution in [1.82, 2.24) is 24.8 Å². The molecular formula is C33H32ClF3N6O2. The number of pyridine rings is 1. The number of anilines is 1. The lowest BCUT2D eigenvalue weighted by molar-refractivity contribution is -0.131. The van der Waals surface area contributed by atoms with E-state index >= 15 is 4.39 Å². The molecule has 8 nitrogen and oxygen atoms in total. The standard InChI is InChI=1S/C33H32ClF3N6O2/c1-3-25(44)42-15-19(16-42)14-41(2)31-23-13-38-29(22-7-4-6-20-8-9-24(36)27(34)26(20)22)28(37)30(23)39-32(40-31)45-18-33-10-5-11-43(33)17-21(35)12-33/h3-4,6-9,13,19,21H,1,5,10-12,14-18H2,2H3/t21-,33+/m1/s1. The van der Waals surface area contributed by atoms with E-state index in [2.05, 4.69) is 21.4 Å². The Morgan fingerprint density at radius 3 is 2.84 bits per heavy atom. The summed E-state index contributed by atoms with van der Waals surface area (Å²) in [7, 11) is 1.84. The predicted molar refractivity (Wildman–Crippen MR) is 167 cm³/mol. The van der Waals surface area contributed by atoms with Crippen LogP contribution in [0.25, 0.3) is 32.9 Å². The number of fused-ring (bicyclic) bond motifs is 3. The molecule has 12 heteroatoms. The largest absolute Gasteiger partial charge is 0.461 e. The minimum atomic E-state index is -0.924. The van der Waals surface area contributed by atoms with Crippen LogP contribution in [0.15, 0.2) is 49.2 Å². The van der Waals surface area contributed by atoms with Crippen LogP contribution < -0.4 is 9.64 Å². The third-order valence-electron chi connectivity index (χ3n) is 9.40. The zero-order valence-electron chi connectivity index (χ0n) is 24.8. The van der Waals surface area contributed by atoms with Gasteiger partial charge in [0.1, 0.15) is 35.6 Å². The Morgan fingerprint density at radius 1 is 1.22 bits per heavy atom. The van der Waals surface area contributed by atoms with Crippen molar-refractivity contribution in [3.63, 3.8) is 0 Å². The van der Waals surface area contributed by atoms with Gasteiger partial charge in [-0.05, 0) is 36.9 Å². The number of halogens is 4. The zero-order valence-corrected chi connectivity index (χ0v) is 25.5. The second-order valence-electron chi connectivity index (χ2n) is 12.3. The highest BCUT2D eigenvalue weighted by Gasteiger charge is 2.49. The second kappa shape index (κ2) is 11.4. The summed E-state index contributed by atoms with van der Waals surface area (Å²) >= 11 is 6.37. The summed E-state index contributed by atoms with van der Waals surface area (Å²) in [5, 5.41) is 1.23. The van der Waals surface area contributed by atoms with Gasteiger partial charge in [0.25, 0.3) is 0 Å². The van der Waals surface area contributed by atoms with E-state index in [0.29, 0.717) is 60.1 Å². The zero-order chi connectivity index (χ0) is 31.5. The first-order valence-electron chi connectivity index (χ1n) is 15.0. The van der Waals surface area contributed by atoms with Crippen molar-refractivity contribution in [2.45, 2.75) is 31.0 Å². The minimum absolute atomic E-state index is 0.0102. The fourth-order valence-corrected chi connectivity index (χ4v) is 7.46. The molecule has 0 radical (unpaired) electrons. The van der Waals surface area contributed by atoms with Crippen molar-refractivity contribution in [2.75, 3.05) is 51.3 Å². The summed E-state index contributed by atoms with van der Waals surface area (Å²) < 4.78 is 51.7. The van der Waals surface area contributed by atoms with E-state index in [4.69, 9.17) is 21.3 Å². The molecule has 0 N–H and O–H groups in total. The number of nitrogens with zero attached hydrogens (tertiary/aromatic N) is 6. The Labute approximate surface area is 263 Å². The van der Waals surface area contributed by atoms with Gasteiger partial charge in [0, 0.05) is 62.7 Å². The molecule has 3 fully saturated rings. The first-order valence-corrected chi connectivity index (χ1v) is 15.4. The predicted octanol–water partition coefficient (Wildman–Crippen LogP) is 5.81. The number of amides is 1. The monoisotopic (exact) mass is 636 g/mol. The van der Waals surface area contributed by atoms with Crippen molar-refractivity contribution < 1.29 is 22.7 Å². The first-order chi connectivity index (χ1) is 21.7. The lowest BCUT2D eigenvalue weighted by atomic mass is 9.95. The van der Waals surface area contributed by atoms with Gasteiger partial charge in [-0.2, -0.15) is 9.97 Å². The fourth-order valence-electron chi connectivity index (χ4n) is 7.19. The molecule has 2 atom stereocenters. The first kappa shape index (κ1) is 29.7. The number of carbonyl (C=O) groups is 1. The van der Waals surface area contributed by atoms with Crippen molar-refractivity contribution >= 4 is 45.0 Å². The van der Waals surface area contributed by atoms with E-state index < -0.39 is 23.3 Å². The normalized spacial score (nSPS) is 21.7. The molecule has 7 rings (SSSR count). The number of hydrogen-bond acceptors (Lipinski definition) is 7. The summed E-state index contributed by atoms with van der Waals surface area (Å²) in [5.74, 6) is -0.874. The van der Waals surface area contributed by atoms with Crippen LogP contribution in [0, 0.1) is 17.6 Å². The van der Waals surface area contributed by atoms with Crippen LogP contribution in [-0.2, 0) is 4.79 Å². The van der Waals surface area contributed by atoms with Crippen molar-refractivity contribution in [3.8, 4) is 17.3 Å². The molecule has 4 aromatic rings. The molecule has 45 heavy (non-hydrogen) atoms. The van der Waals surface area contributed by atoms with Crippen molar-refractivity contribution in [2.24, 2.45) is 5.92 Å². The molecule has 2 aromatic heterocycles. The van der Waals surface area contributed by atoms with E-state index in [1.165, 1.54) is 18.3 Å². The molecule has 2 aromatic carbocycles. The van der Waals surface area contributed by atoms with Crippen LogP contribution in [0.2, 0.25) is 5.02 Å². The van der Waals surface area contributed by atoms with Gasteiger partial charge in [0.2, 0.25) is 5.91 Å². The quantitative estimate of drug-likeness (QED) is 0.226. The van der Waals surface area contributed by atoms with E-state index in [1.54, 1.807) is 29.2 Å². The Balaban J connectivity index is 1.29. The SMILES string of the molecule is C=CC(=O)N1CC(CN(C)c2nc(OC[C@@]34CCCN3C[C@H](F)C4)nc3c(F)c(-c4cccc5ccc(F)c(Cl)c45)ncc23)C1.